The van der Waals surface area contributed by atoms with E-state index >= 15 is 0 Å². The summed E-state index contributed by atoms with van der Waals surface area (Å²) in [7, 11) is 3.28. The number of ether oxygens (including phenoxy) is 2. The number of nitrogens with zero attached hydrogens (tertiary/aromatic N) is 1. The van der Waals surface area contributed by atoms with Crippen LogP contribution in [-0.4, -0.2) is 53.0 Å². The Morgan fingerprint density at radius 1 is 1.08 bits per heavy atom. The minimum Gasteiger partial charge on any atom is -0.382 e. The van der Waals surface area contributed by atoms with E-state index in [4.69, 9.17) is 9.47 Å². The number of benzene rings is 1. The highest BCUT2D eigenvalue weighted by Gasteiger charge is 2.08. The van der Waals surface area contributed by atoms with E-state index in [0.29, 0.717) is 38.9 Å². The van der Waals surface area contributed by atoms with E-state index in [0.717, 1.165) is 6.42 Å². The molecule has 0 radical (unpaired) electrons. The summed E-state index contributed by atoms with van der Waals surface area (Å²) >= 11 is 0. The second-order valence-corrected chi connectivity index (χ2v) is 4.83. The monoisotopic (exact) mass is 457 g/mol. The first-order valence-electron chi connectivity index (χ1n) is 7.63. The molecule has 138 valence electrons. The molecule has 5 nitrogen and oxygen atoms in total. The van der Waals surface area contributed by atoms with E-state index < -0.39 is 11.6 Å². The number of guanidine groups is 1. The van der Waals surface area contributed by atoms with Gasteiger partial charge >= 0.3 is 0 Å². The second-order valence-electron chi connectivity index (χ2n) is 4.83. The van der Waals surface area contributed by atoms with E-state index in [1.54, 1.807) is 14.2 Å². The van der Waals surface area contributed by atoms with Crippen LogP contribution in [0.3, 0.4) is 0 Å². The first-order chi connectivity index (χ1) is 11.2. The maximum atomic E-state index is 13.5. The first-order valence-corrected chi connectivity index (χ1v) is 7.63. The Morgan fingerprint density at radius 3 is 2.38 bits per heavy atom. The summed E-state index contributed by atoms with van der Waals surface area (Å²) in [5, 5.41) is 6.14. The van der Waals surface area contributed by atoms with E-state index in [2.05, 4.69) is 15.6 Å². The molecule has 8 heteroatoms. The van der Waals surface area contributed by atoms with Gasteiger partial charge in [-0.05, 0) is 25.0 Å². The van der Waals surface area contributed by atoms with Crippen LogP contribution in [-0.2, 0) is 15.9 Å². The molecule has 0 aromatic heterocycles. The molecule has 0 fully saturated rings. The molecule has 0 aliphatic heterocycles. The average molecular weight is 457 g/mol. The fourth-order valence-electron chi connectivity index (χ4n) is 1.92. The summed E-state index contributed by atoms with van der Waals surface area (Å²) < 4.78 is 37.2. The van der Waals surface area contributed by atoms with Crippen LogP contribution < -0.4 is 10.6 Å². The molecular weight excluding hydrogens is 431 g/mol. The normalized spacial score (nSPS) is 11.1. The van der Waals surface area contributed by atoms with Crippen LogP contribution in [0.15, 0.2) is 23.2 Å². The molecule has 0 atom stereocenters. The summed E-state index contributed by atoms with van der Waals surface area (Å²) in [6.07, 6.45) is 1.08. The lowest BCUT2D eigenvalue weighted by atomic mass is 10.1. The summed E-state index contributed by atoms with van der Waals surface area (Å²) in [4.78, 5) is 4.06. The van der Waals surface area contributed by atoms with Gasteiger partial charge in [0.15, 0.2) is 5.96 Å². The predicted octanol–water partition coefficient (Wildman–Crippen LogP) is 2.34. The van der Waals surface area contributed by atoms with Gasteiger partial charge in [0.2, 0.25) is 0 Å². The zero-order valence-electron chi connectivity index (χ0n) is 14.1. The standard InChI is InChI=1S/C16H25F2N3O2.HI/c1-19-16(20-8-4-10-23-12-11-22-2)21-9-7-13-14(17)5-3-6-15(13)18;/h3,5-6H,4,7-12H2,1-2H3,(H2,19,20,21);1H. The molecule has 0 heterocycles. The summed E-state index contributed by atoms with van der Waals surface area (Å²) in [5.74, 6) is -0.454. The molecule has 1 rings (SSSR count). The molecule has 0 saturated carbocycles. The molecule has 0 unspecified atom stereocenters. The van der Waals surface area contributed by atoms with Gasteiger partial charge in [-0.2, -0.15) is 0 Å². The number of nitrogens with one attached hydrogen (secondary N) is 2. The third-order valence-corrected chi connectivity index (χ3v) is 3.14. The largest absolute Gasteiger partial charge is 0.382 e. The number of methoxy groups -OCH3 is 1. The lowest BCUT2D eigenvalue weighted by Crippen LogP contribution is -2.39. The van der Waals surface area contributed by atoms with E-state index in [9.17, 15) is 8.78 Å². The maximum absolute atomic E-state index is 13.5. The highest BCUT2D eigenvalue weighted by Crippen LogP contribution is 2.11. The fourth-order valence-corrected chi connectivity index (χ4v) is 1.92. The van der Waals surface area contributed by atoms with E-state index in [-0.39, 0.29) is 36.0 Å². The third-order valence-electron chi connectivity index (χ3n) is 3.14. The van der Waals surface area contributed by atoms with Gasteiger partial charge in [-0.25, -0.2) is 8.78 Å². The number of hydrogen-bond acceptors (Lipinski definition) is 3. The van der Waals surface area contributed by atoms with Gasteiger partial charge in [-0.15, -0.1) is 24.0 Å². The molecule has 24 heavy (non-hydrogen) atoms. The Morgan fingerprint density at radius 2 is 1.75 bits per heavy atom. The van der Waals surface area contributed by atoms with E-state index in [1.165, 1.54) is 18.2 Å². The number of halogens is 3. The molecule has 0 saturated heterocycles. The van der Waals surface area contributed by atoms with Gasteiger partial charge in [0.25, 0.3) is 0 Å². The summed E-state index contributed by atoms with van der Waals surface area (Å²) in [6, 6.07) is 3.88. The molecule has 2 N–H and O–H groups in total. The minimum atomic E-state index is -0.525. The fraction of sp³-hybridized carbons (Fsp3) is 0.562. The molecule has 0 spiro atoms. The van der Waals surface area contributed by atoms with Crippen molar-refractivity contribution in [3.63, 3.8) is 0 Å². The van der Waals surface area contributed by atoms with Crippen molar-refractivity contribution in [2.45, 2.75) is 12.8 Å². The first kappa shape index (κ1) is 23.0. The molecule has 1 aromatic carbocycles. The molecule has 0 amide bonds. The van der Waals surface area contributed by atoms with Crippen molar-refractivity contribution in [1.29, 1.82) is 0 Å². The van der Waals surface area contributed by atoms with Gasteiger partial charge in [0.1, 0.15) is 11.6 Å². The van der Waals surface area contributed by atoms with Crippen LogP contribution in [0.25, 0.3) is 0 Å². The minimum absolute atomic E-state index is 0. The van der Waals surface area contributed by atoms with Crippen molar-refractivity contribution in [2.75, 3.05) is 47.1 Å². The highest BCUT2D eigenvalue weighted by atomic mass is 127. The Kier molecular flexibility index (Phi) is 13.8. The van der Waals surface area contributed by atoms with Gasteiger partial charge in [-0.1, -0.05) is 6.07 Å². The SMILES string of the molecule is CN=C(NCCCOCCOC)NCCc1c(F)cccc1F.I. The van der Waals surface area contributed by atoms with Gasteiger partial charge < -0.3 is 20.1 Å². The zero-order chi connectivity index (χ0) is 16.9. The predicted molar refractivity (Wildman–Crippen MR) is 102 cm³/mol. The maximum Gasteiger partial charge on any atom is 0.190 e. The van der Waals surface area contributed by atoms with E-state index in [1.807, 2.05) is 0 Å². The third kappa shape index (κ3) is 9.33. The van der Waals surface area contributed by atoms with Crippen molar-refractivity contribution in [3.8, 4) is 0 Å². The number of aliphatic imine (C=N–C) groups is 1. The van der Waals surface area contributed by atoms with Gasteiger partial charge in [0, 0.05) is 39.4 Å². The van der Waals surface area contributed by atoms with Crippen molar-refractivity contribution in [1.82, 2.24) is 10.6 Å². The molecule has 0 bridgehead atoms. The highest BCUT2D eigenvalue weighted by molar-refractivity contribution is 14.0. The van der Waals surface area contributed by atoms with Crippen molar-refractivity contribution in [2.24, 2.45) is 4.99 Å². The lowest BCUT2D eigenvalue weighted by molar-refractivity contribution is 0.0698. The molecular formula is C16H26F2IN3O2. The van der Waals surface area contributed by atoms with Crippen LogP contribution >= 0.6 is 24.0 Å². The van der Waals surface area contributed by atoms with Gasteiger partial charge in [0.05, 0.1) is 13.2 Å². The zero-order valence-corrected chi connectivity index (χ0v) is 16.4. The van der Waals surface area contributed by atoms with Crippen LogP contribution in [0.5, 0.6) is 0 Å². The lowest BCUT2D eigenvalue weighted by Gasteiger charge is -2.12. The molecule has 0 aliphatic rings. The van der Waals surface area contributed by atoms with Crippen LogP contribution in [0.4, 0.5) is 8.78 Å². The second kappa shape index (κ2) is 14.4. The summed E-state index contributed by atoms with van der Waals surface area (Å²) in [5.41, 5.74) is 0.0852. The van der Waals surface area contributed by atoms with Crippen LogP contribution in [0, 0.1) is 11.6 Å². The van der Waals surface area contributed by atoms with Crippen molar-refractivity contribution in [3.05, 3.63) is 35.4 Å². The number of hydrogen-bond donors (Lipinski definition) is 2. The van der Waals surface area contributed by atoms with Crippen LogP contribution in [0.1, 0.15) is 12.0 Å². The average Bonchev–Trinajstić information content (AvgIpc) is 2.54. The van der Waals surface area contributed by atoms with Crippen molar-refractivity contribution >= 4 is 29.9 Å². The molecule has 1 aromatic rings. The Hall–Kier alpha value is -1.000. The Labute approximate surface area is 159 Å². The topological polar surface area (TPSA) is 54.9 Å². The smallest absolute Gasteiger partial charge is 0.190 e. The summed E-state index contributed by atoms with van der Waals surface area (Å²) in [6.45, 7) is 2.89. The molecule has 0 aliphatic carbocycles. The Bertz CT molecular complexity index is 470. The number of rotatable bonds is 10. The van der Waals surface area contributed by atoms with Crippen LogP contribution in [0.2, 0.25) is 0 Å². The van der Waals surface area contributed by atoms with Crippen molar-refractivity contribution < 1.29 is 18.3 Å². The quantitative estimate of drug-likeness (QED) is 0.245. The van der Waals surface area contributed by atoms with Gasteiger partial charge in [-0.3, -0.25) is 4.99 Å². The Balaban J connectivity index is 0.00000529.